The van der Waals surface area contributed by atoms with Crippen molar-refractivity contribution in [3.8, 4) is 0 Å². The second kappa shape index (κ2) is 7.03. The maximum Gasteiger partial charge on any atom is 0.241 e. The van der Waals surface area contributed by atoms with Gasteiger partial charge in [-0.1, -0.05) is 41.9 Å². The first kappa shape index (κ1) is 14.5. The molecule has 104 valence electrons. The molecule has 0 aliphatic carbocycles. The summed E-state index contributed by atoms with van der Waals surface area (Å²) in [5, 5.41) is 3.11. The van der Waals surface area contributed by atoms with E-state index >= 15 is 0 Å². The third-order valence-corrected chi connectivity index (χ3v) is 3.14. The van der Waals surface area contributed by atoms with Gasteiger partial charge >= 0.3 is 0 Å². The Morgan fingerprint density at radius 1 is 1.25 bits per heavy atom. The number of hydrogen-bond acceptors (Lipinski definition) is 3. The van der Waals surface area contributed by atoms with Gasteiger partial charge in [-0.3, -0.25) is 4.79 Å². The van der Waals surface area contributed by atoms with E-state index in [0.717, 1.165) is 6.42 Å². The molecule has 2 aromatic rings. The summed E-state index contributed by atoms with van der Waals surface area (Å²) in [5.74, 6) is -0.218. The number of carbonyl (C=O) groups excluding carboxylic acids is 1. The molecule has 3 N–H and O–H groups in total. The number of amides is 1. The third kappa shape index (κ3) is 4.33. The largest absolute Gasteiger partial charge is 0.323 e. The molecule has 4 nitrogen and oxygen atoms in total. The van der Waals surface area contributed by atoms with Crippen LogP contribution in [0, 0.1) is 0 Å². The summed E-state index contributed by atoms with van der Waals surface area (Å²) in [6.07, 6.45) is 2.87. The van der Waals surface area contributed by atoms with Crippen LogP contribution in [0.4, 0.5) is 5.69 Å². The topological polar surface area (TPSA) is 68.0 Å². The van der Waals surface area contributed by atoms with Crippen molar-refractivity contribution in [2.24, 2.45) is 5.73 Å². The molecule has 1 atom stereocenters. The summed E-state index contributed by atoms with van der Waals surface area (Å²) in [6, 6.07) is 12.7. The van der Waals surface area contributed by atoms with Gasteiger partial charge in [0, 0.05) is 0 Å². The molecule has 1 amide bonds. The van der Waals surface area contributed by atoms with E-state index in [4.69, 9.17) is 17.3 Å². The van der Waals surface area contributed by atoms with Gasteiger partial charge in [0.05, 0.1) is 17.9 Å². The fraction of sp³-hybridized carbons (Fsp3) is 0.200. The number of pyridine rings is 1. The molecule has 1 aromatic carbocycles. The molecule has 5 heteroatoms. The van der Waals surface area contributed by atoms with Crippen molar-refractivity contribution in [2.75, 3.05) is 5.32 Å². The van der Waals surface area contributed by atoms with E-state index in [1.54, 1.807) is 12.1 Å². The number of benzene rings is 1. The minimum atomic E-state index is -0.550. The Kier molecular flexibility index (Phi) is 5.09. The van der Waals surface area contributed by atoms with Gasteiger partial charge in [0.1, 0.15) is 5.15 Å². The van der Waals surface area contributed by atoms with Crippen molar-refractivity contribution in [2.45, 2.75) is 18.9 Å². The Balaban J connectivity index is 1.84. The number of rotatable bonds is 5. The van der Waals surface area contributed by atoms with Crippen LogP contribution < -0.4 is 11.1 Å². The lowest BCUT2D eigenvalue weighted by atomic mass is 10.1. The molecule has 0 fully saturated rings. The highest BCUT2D eigenvalue weighted by Gasteiger charge is 2.13. The van der Waals surface area contributed by atoms with Crippen LogP contribution in [0.5, 0.6) is 0 Å². The second-order valence-electron chi connectivity index (χ2n) is 4.49. The minimum absolute atomic E-state index is 0.218. The number of hydrogen-bond donors (Lipinski definition) is 2. The first-order valence-corrected chi connectivity index (χ1v) is 6.75. The van der Waals surface area contributed by atoms with Gasteiger partial charge in [0.2, 0.25) is 5.91 Å². The number of nitrogens with zero attached hydrogens (tertiary/aromatic N) is 1. The van der Waals surface area contributed by atoms with Crippen LogP contribution in [0.15, 0.2) is 48.7 Å². The first-order chi connectivity index (χ1) is 9.65. The minimum Gasteiger partial charge on any atom is -0.323 e. The van der Waals surface area contributed by atoms with E-state index < -0.39 is 6.04 Å². The predicted molar refractivity (Wildman–Crippen MR) is 80.6 cm³/mol. The number of aromatic nitrogens is 1. The lowest BCUT2D eigenvalue weighted by molar-refractivity contribution is -0.117. The Morgan fingerprint density at radius 2 is 2.00 bits per heavy atom. The summed E-state index contributed by atoms with van der Waals surface area (Å²) in [4.78, 5) is 15.8. The van der Waals surface area contributed by atoms with Gasteiger partial charge in [-0.15, -0.1) is 0 Å². The number of aryl methyl sites for hydroxylation is 1. The van der Waals surface area contributed by atoms with Gasteiger partial charge in [0.25, 0.3) is 0 Å². The molecule has 0 spiro atoms. The molecular weight excluding hydrogens is 274 g/mol. The molecule has 0 aliphatic heterocycles. The SMILES string of the molecule is NC(CCc1ccccc1)C(=O)Nc1ccc(Cl)nc1. The zero-order valence-corrected chi connectivity index (χ0v) is 11.7. The van der Waals surface area contributed by atoms with Crippen LogP contribution in [0.25, 0.3) is 0 Å². The van der Waals surface area contributed by atoms with E-state index in [1.807, 2.05) is 30.3 Å². The van der Waals surface area contributed by atoms with E-state index in [2.05, 4.69) is 10.3 Å². The molecule has 1 aromatic heterocycles. The summed E-state index contributed by atoms with van der Waals surface area (Å²) < 4.78 is 0. The van der Waals surface area contributed by atoms with Crippen molar-refractivity contribution in [1.82, 2.24) is 4.98 Å². The molecule has 2 rings (SSSR count). The number of nitrogens with one attached hydrogen (secondary N) is 1. The highest BCUT2D eigenvalue weighted by atomic mass is 35.5. The van der Waals surface area contributed by atoms with Gasteiger partial charge in [-0.2, -0.15) is 0 Å². The monoisotopic (exact) mass is 289 g/mol. The fourth-order valence-corrected chi connectivity index (χ4v) is 1.89. The molecule has 0 radical (unpaired) electrons. The molecule has 0 aliphatic rings. The summed E-state index contributed by atoms with van der Waals surface area (Å²) in [5.41, 5.74) is 7.65. The Morgan fingerprint density at radius 3 is 2.65 bits per heavy atom. The quantitative estimate of drug-likeness (QED) is 0.832. The molecule has 0 bridgehead atoms. The smallest absolute Gasteiger partial charge is 0.241 e. The summed E-state index contributed by atoms with van der Waals surface area (Å²) in [6.45, 7) is 0. The van der Waals surface area contributed by atoms with Crippen molar-refractivity contribution < 1.29 is 4.79 Å². The van der Waals surface area contributed by atoms with E-state index in [0.29, 0.717) is 17.3 Å². The zero-order chi connectivity index (χ0) is 14.4. The van der Waals surface area contributed by atoms with Gasteiger partial charge < -0.3 is 11.1 Å². The second-order valence-corrected chi connectivity index (χ2v) is 4.88. The Hall–Kier alpha value is -1.91. The fourth-order valence-electron chi connectivity index (χ4n) is 1.78. The summed E-state index contributed by atoms with van der Waals surface area (Å²) >= 11 is 5.68. The predicted octanol–water partition coefficient (Wildman–Crippen LogP) is 2.63. The molecular formula is C15H16ClN3O. The number of carbonyl (C=O) groups is 1. The van der Waals surface area contributed by atoms with Crippen LogP contribution in [-0.4, -0.2) is 16.9 Å². The molecule has 1 heterocycles. The molecule has 0 saturated heterocycles. The maximum absolute atomic E-state index is 11.9. The van der Waals surface area contributed by atoms with Crippen molar-refractivity contribution in [3.63, 3.8) is 0 Å². The lowest BCUT2D eigenvalue weighted by Crippen LogP contribution is -2.36. The number of anilines is 1. The van der Waals surface area contributed by atoms with Crippen LogP contribution in [0.1, 0.15) is 12.0 Å². The van der Waals surface area contributed by atoms with E-state index in [-0.39, 0.29) is 5.91 Å². The van der Waals surface area contributed by atoms with E-state index in [1.165, 1.54) is 11.8 Å². The van der Waals surface area contributed by atoms with E-state index in [9.17, 15) is 4.79 Å². The van der Waals surface area contributed by atoms with Gasteiger partial charge in [-0.05, 0) is 30.5 Å². The van der Waals surface area contributed by atoms with Crippen LogP contribution >= 0.6 is 11.6 Å². The number of halogens is 1. The molecule has 0 saturated carbocycles. The van der Waals surface area contributed by atoms with Crippen LogP contribution in [0.2, 0.25) is 5.15 Å². The maximum atomic E-state index is 11.9. The van der Waals surface area contributed by atoms with Crippen molar-refractivity contribution >= 4 is 23.2 Å². The Bertz CT molecular complexity index is 557. The standard InChI is InChI=1S/C15H16ClN3O/c16-14-9-7-12(10-18-14)19-15(20)13(17)8-6-11-4-2-1-3-5-11/h1-5,7,9-10,13H,6,8,17H2,(H,19,20). The van der Waals surface area contributed by atoms with Crippen molar-refractivity contribution in [3.05, 3.63) is 59.4 Å². The number of nitrogens with two attached hydrogens (primary N) is 1. The molecule has 20 heavy (non-hydrogen) atoms. The highest BCUT2D eigenvalue weighted by Crippen LogP contribution is 2.11. The van der Waals surface area contributed by atoms with Crippen LogP contribution in [-0.2, 0) is 11.2 Å². The van der Waals surface area contributed by atoms with Crippen molar-refractivity contribution in [1.29, 1.82) is 0 Å². The summed E-state index contributed by atoms with van der Waals surface area (Å²) in [7, 11) is 0. The lowest BCUT2D eigenvalue weighted by Gasteiger charge is -2.12. The zero-order valence-electron chi connectivity index (χ0n) is 10.9. The first-order valence-electron chi connectivity index (χ1n) is 6.37. The molecule has 1 unspecified atom stereocenters. The normalized spacial score (nSPS) is 11.9. The Labute approximate surface area is 123 Å². The average Bonchev–Trinajstić information content (AvgIpc) is 2.48. The van der Waals surface area contributed by atoms with Gasteiger partial charge in [0.15, 0.2) is 0 Å². The van der Waals surface area contributed by atoms with Gasteiger partial charge in [-0.25, -0.2) is 4.98 Å². The average molecular weight is 290 g/mol. The highest BCUT2D eigenvalue weighted by molar-refractivity contribution is 6.29. The van der Waals surface area contributed by atoms with Crippen LogP contribution in [0.3, 0.4) is 0 Å². The third-order valence-electron chi connectivity index (χ3n) is 2.92.